The number of hydrogen-bond donors (Lipinski definition) is 3. The van der Waals surface area contributed by atoms with Crippen LogP contribution in [-0.4, -0.2) is 24.2 Å². The zero-order chi connectivity index (χ0) is 18.1. The number of allylic oxidation sites excluding steroid dienone is 1. The SMILES string of the molecule is COc1ccc(OC)c([C@@H]2C(C#N)=C(N)Oc3[nH]c(=O)[nH]c(=O)c32)c1. The van der Waals surface area contributed by atoms with Crippen molar-refractivity contribution in [2.45, 2.75) is 5.92 Å². The Bertz CT molecular complexity index is 1030. The van der Waals surface area contributed by atoms with Crippen LogP contribution in [0, 0.1) is 11.3 Å². The molecular weight excluding hydrogens is 328 g/mol. The maximum absolute atomic E-state index is 12.4. The van der Waals surface area contributed by atoms with E-state index in [0.29, 0.717) is 17.1 Å². The fourth-order valence-electron chi connectivity index (χ4n) is 2.77. The molecule has 25 heavy (non-hydrogen) atoms. The second-order valence-corrected chi connectivity index (χ2v) is 5.18. The van der Waals surface area contributed by atoms with Crippen LogP contribution in [-0.2, 0) is 0 Å². The van der Waals surface area contributed by atoms with Crippen molar-refractivity contribution >= 4 is 0 Å². The third-order valence-electron chi connectivity index (χ3n) is 3.87. The second-order valence-electron chi connectivity index (χ2n) is 5.18. The summed E-state index contributed by atoms with van der Waals surface area (Å²) in [5, 5.41) is 9.53. The number of nitriles is 1. The Morgan fingerprint density at radius 2 is 2.00 bits per heavy atom. The number of benzene rings is 1. The number of hydrogen-bond acceptors (Lipinski definition) is 7. The molecule has 0 saturated carbocycles. The van der Waals surface area contributed by atoms with Crippen molar-refractivity contribution in [3.8, 4) is 23.4 Å². The molecule has 1 atom stereocenters. The summed E-state index contributed by atoms with van der Waals surface area (Å²) in [7, 11) is 2.95. The Morgan fingerprint density at radius 1 is 1.24 bits per heavy atom. The van der Waals surface area contributed by atoms with Gasteiger partial charge in [-0.2, -0.15) is 5.26 Å². The van der Waals surface area contributed by atoms with E-state index in [0.717, 1.165) is 0 Å². The molecule has 1 aliphatic rings. The summed E-state index contributed by atoms with van der Waals surface area (Å²) in [6.07, 6.45) is 0. The Balaban J connectivity index is 2.37. The maximum Gasteiger partial charge on any atom is 0.328 e. The van der Waals surface area contributed by atoms with E-state index in [1.807, 2.05) is 6.07 Å². The van der Waals surface area contributed by atoms with E-state index in [4.69, 9.17) is 19.9 Å². The molecule has 9 nitrogen and oxygen atoms in total. The molecular formula is C16H14N4O5. The summed E-state index contributed by atoms with van der Waals surface area (Å²) in [4.78, 5) is 28.4. The van der Waals surface area contributed by atoms with Gasteiger partial charge < -0.3 is 19.9 Å². The van der Waals surface area contributed by atoms with E-state index in [9.17, 15) is 14.9 Å². The summed E-state index contributed by atoms with van der Waals surface area (Å²) >= 11 is 0. The van der Waals surface area contributed by atoms with Gasteiger partial charge in [0.15, 0.2) is 0 Å². The van der Waals surface area contributed by atoms with Crippen LogP contribution in [0.4, 0.5) is 0 Å². The number of aromatic amines is 2. The fourth-order valence-corrected chi connectivity index (χ4v) is 2.77. The van der Waals surface area contributed by atoms with Crippen LogP contribution in [0.3, 0.4) is 0 Å². The van der Waals surface area contributed by atoms with Crippen LogP contribution in [0.15, 0.2) is 39.2 Å². The smallest absolute Gasteiger partial charge is 0.328 e. The Hall–Kier alpha value is -3.67. The van der Waals surface area contributed by atoms with Gasteiger partial charge in [-0.3, -0.25) is 14.8 Å². The summed E-state index contributed by atoms with van der Waals surface area (Å²) in [6.45, 7) is 0. The normalized spacial score (nSPS) is 15.8. The molecule has 0 spiro atoms. The molecule has 3 rings (SSSR count). The first-order valence-corrected chi connectivity index (χ1v) is 7.16. The Kier molecular flexibility index (Phi) is 3.94. The van der Waals surface area contributed by atoms with Gasteiger partial charge in [0.2, 0.25) is 11.8 Å². The predicted octanol–water partition coefficient (Wildman–Crippen LogP) is 0.299. The number of H-pyrrole nitrogens is 2. The van der Waals surface area contributed by atoms with Crippen molar-refractivity contribution in [3.05, 3.63) is 61.6 Å². The molecule has 0 bridgehead atoms. The largest absolute Gasteiger partial charge is 0.497 e. The van der Waals surface area contributed by atoms with E-state index in [2.05, 4.69) is 9.97 Å². The van der Waals surface area contributed by atoms with Gasteiger partial charge >= 0.3 is 5.69 Å². The molecule has 128 valence electrons. The van der Waals surface area contributed by atoms with Crippen molar-refractivity contribution in [1.82, 2.24) is 9.97 Å². The Morgan fingerprint density at radius 3 is 2.64 bits per heavy atom. The van der Waals surface area contributed by atoms with Gasteiger partial charge in [-0.05, 0) is 18.2 Å². The fraction of sp³-hybridized carbons (Fsp3) is 0.188. The number of aromatic nitrogens is 2. The van der Waals surface area contributed by atoms with Crippen LogP contribution in [0.5, 0.6) is 17.4 Å². The lowest BCUT2D eigenvalue weighted by molar-refractivity contribution is 0.368. The van der Waals surface area contributed by atoms with E-state index in [1.54, 1.807) is 18.2 Å². The highest BCUT2D eigenvalue weighted by Crippen LogP contribution is 2.43. The highest BCUT2D eigenvalue weighted by molar-refractivity contribution is 5.57. The minimum absolute atomic E-state index is 0.0246. The van der Waals surface area contributed by atoms with Gasteiger partial charge in [0.05, 0.1) is 25.7 Å². The van der Waals surface area contributed by atoms with Gasteiger partial charge in [-0.1, -0.05) is 0 Å². The first kappa shape index (κ1) is 16.2. The number of methoxy groups -OCH3 is 2. The molecule has 2 aromatic rings. The minimum atomic E-state index is -0.889. The minimum Gasteiger partial charge on any atom is -0.497 e. The second kappa shape index (κ2) is 6.09. The van der Waals surface area contributed by atoms with Crippen molar-refractivity contribution in [1.29, 1.82) is 5.26 Å². The molecule has 0 aliphatic carbocycles. The first-order chi connectivity index (χ1) is 12.0. The van der Waals surface area contributed by atoms with Crippen LogP contribution in [0.1, 0.15) is 17.0 Å². The lowest BCUT2D eigenvalue weighted by atomic mass is 9.84. The molecule has 0 fully saturated rings. The first-order valence-electron chi connectivity index (χ1n) is 7.16. The number of nitrogens with two attached hydrogens (primary N) is 1. The molecule has 1 aromatic carbocycles. The summed E-state index contributed by atoms with van der Waals surface area (Å²) < 4.78 is 15.8. The van der Waals surface area contributed by atoms with Gasteiger partial charge in [-0.25, -0.2) is 4.79 Å². The van der Waals surface area contributed by atoms with Crippen molar-refractivity contribution in [3.63, 3.8) is 0 Å². The van der Waals surface area contributed by atoms with Crippen LogP contribution in [0.2, 0.25) is 0 Å². The number of nitrogens with one attached hydrogen (secondary N) is 2. The van der Waals surface area contributed by atoms with Crippen molar-refractivity contribution in [2.24, 2.45) is 5.73 Å². The number of nitrogens with zero attached hydrogens (tertiary/aromatic N) is 1. The van der Waals surface area contributed by atoms with E-state index in [1.165, 1.54) is 14.2 Å². The van der Waals surface area contributed by atoms with Crippen LogP contribution >= 0.6 is 0 Å². The van der Waals surface area contributed by atoms with E-state index in [-0.39, 0.29) is 22.9 Å². The number of ether oxygens (including phenoxy) is 3. The molecule has 0 unspecified atom stereocenters. The topological polar surface area (TPSA) is 143 Å². The number of fused-ring (bicyclic) bond motifs is 1. The molecule has 0 radical (unpaired) electrons. The number of rotatable bonds is 3. The monoisotopic (exact) mass is 342 g/mol. The zero-order valence-corrected chi connectivity index (χ0v) is 13.4. The average Bonchev–Trinajstić information content (AvgIpc) is 2.59. The molecule has 1 aliphatic heterocycles. The van der Waals surface area contributed by atoms with Crippen LogP contribution in [0.25, 0.3) is 0 Å². The van der Waals surface area contributed by atoms with Crippen molar-refractivity contribution in [2.75, 3.05) is 14.2 Å². The third-order valence-corrected chi connectivity index (χ3v) is 3.87. The highest BCUT2D eigenvalue weighted by atomic mass is 16.5. The predicted molar refractivity (Wildman–Crippen MR) is 86.5 cm³/mol. The quantitative estimate of drug-likeness (QED) is 0.727. The highest BCUT2D eigenvalue weighted by Gasteiger charge is 2.36. The summed E-state index contributed by atoms with van der Waals surface area (Å²) in [5.41, 5.74) is 4.95. The average molecular weight is 342 g/mol. The lowest BCUT2D eigenvalue weighted by Crippen LogP contribution is -2.33. The molecule has 2 heterocycles. The molecule has 0 saturated heterocycles. The Labute approximate surface area is 141 Å². The molecule has 9 heteroatoms. The van der Waals surface area contributed by atoms with Crippen LogP contribution < -0.4 is 31.2 Å². The van der Waals surface area contributed by atoms with Gasteiger partial charge in [0, 0.05) is 5.56 Å². The van der Waals surface area contributed by atoms with Gasteiger partial charge in [-0.15, -0.1) is 0 Å². The van der Waals surface area contributed by atoms with Crippen molar-refractivity contribution < 1.29 is 14.2 Å². The summed E-state index contributed by atoms with van der Waals surface area (Å²) in [6, 6.07) is 6.92. The maximum atomic E-state index is 12.4. The standard InChI is InChI=1S/C16H14N4O5/c1-23-7-3-4-10(24-2)8(5-7)11-9(6-17)13(18)25-15-12(11)14(21)19-16(22)20-15/h3-5,11H,18H2,1-2H3,(H2,19,20,21,22)/t11-/m1/s1. The molecule has 1 aromatic heterocycles. The molecule has 4 N–H and O–H groups in total. The van der Waals surface area contributed by atoms with Gasteiger partial charge in [0.1, 0.15) is 23.1 Å². The third kappa shape index (κ3) is 2.59. The van der Waals surface area contributed by atoms with E-state index >= 15 is 0 Å². The summed E-state index contributed by atoms with van der Waals surface area (Å²) in [5.74, 6) is -0.281. The zero-order valence-electron chi connectivity index (χ0n) is 13.4. The lowest BCUT2D eigenvalue weighted by Gasteiger charge is -2.26. The van der Waals surface area contributed by atoms with E-state index < -0.39 is 17.2 Å². The van der Waals surface area contributed by atoms with Gasteiger partial charge in [0.25, 0.3) is 5.56 Å². The molecule has 0 amide bonds.